The Bertz CT molecular complexity index is 849. The van der Waals surface area contributed by atoms with Gasteiger partial charge in [0, 0.05) is 12.7 Å². The van der Waals surface area contributed by atoms with E-state index in [1.165, 1.54) is 24.0 Å². The van der Waals surface area contributed by atoms with Crippen LogP contribution in [0.3, 0.4) is 0 Å². The van der Waals surface area contributed by atoms with Gasteiger partial charge in [-0.1, -0.05) is 42.5 Å². The molecule has 0 radical (unpaired) electrons. The molecule has 0 amide bonds. The Morgan fingerprint density at radius 1 is 1.00 bits per heavy atom. The molecule has 5 nitrogen and oxygen atoms in total. The number of aromatic carboxylic acids is 1. The second kappa shape index (κ2) is 8.67. The SMILES string of the molecule is O=C(O)c1ccncc1NCCCOc1ccc(-c2ccccc2)cc1. The molecule has 1 heterocycles. The third-order valence-electron chi connectivity index (χ3n) is 3.92. The van der Waals surface area contributed by atoms with Gasteiger partial charge in [-0.15, -0.1) is 0 Å². The van der Waals surface area contributed by atoms with E-state index in [-0.39, 0.29) is 5.56 Å². The number of carboxylic acids is 1. The number of hydrogen-bond acceptors (Lipinski definition) is 4. The van der Waals surface area contributed by atoms with Crippen LogP contribution < -0.4 is 10.1 Å². The third kappa shape index (κ3) is 4.60. The molecule has 0 unspecified atom stereocenters. The van der Waals surface area contributed by atoms with Crippen LogP contribution in [-0.2, 0) is 0 Å². The van der Waals surface area contributed by atoms with Crippen molar-refractivity contribution in [2.75, 3.05) is 18.5 Å². The largest absolute Gasteiger partial charge is 0.494 e. The van der Waals surface area contributed by atoms with Crippen LogP contribution in [0.15, 0.2) is 73.1 Å². The molecule has 3 aromatic rings. The van der Waals surface area contributed by atoms with Gasteiger partial charge in [-0.25, -0.2) is 4.79 Å². The summed E-state index contributed by atoms with van der Waals surface area (Å²) in [5, 5.41) is 12.2. The van der Waals surface area contributed by atoms with Gasteiger partial charge >= 0.3 is 5.97 Å². The summed E-state index contributed by atoms with van der Waals surface area (Å²) in [6.45, 7) is 1.15. The van der Waals surface area contributed by atoms with E-state index in [0.29, 0.717) is 18.8 Å². The summed E-state index contributed by atoms with van der Waals surface area (Å²) in [6.07, 6.45) is 3.73. The molecule has 3 rings (SSSR count). The van der Waals surface area contributed by atoms with Crippen LogP contribution in [0.1, 0.15) is 16.8 Å². The molecule has 0 saturated heterocycles. The lowest BCUT2D eigenvalue weighted by Gasteiger charge is -2.10. The van der Waals surface area contributed by atoms with E-state index in [2.05, 4.69) is 22.4 Å². The molecule has 0 spiro atoms. The van der Waals surface area contributed by atoms with Gasteiger partial charge in [0.25, 0.3) is 0 Å². The predicted molar refractivity (Wildman–Crippen MR) is 102 cm³/mol. The summed E-state index contributed by atoms with van der Waals surface area (Å²) in [6, 6.07) is 19.7. The molecule has 0 bridgehead atoms. The molecule has 1 aromatic heterocycles. The first-order valence-corrected chi connectivity index (χ1v) is 8.43. The highest BCUT2D eigenvalue weighted by Gasteiger charge is 2.08. The number of hydrogen-bond donors (Lipinski definition) is 2. The van der Waals surface area contributed by atoms with Crippen LogP contribution in [0.4, 0.5) is 5.69 Å². The molecule has 0 aliphatic rings. The molecular formula is C21H20N2O3. The van der Waals surface area contributed by atoms with Gasteiger partial charge in [0.15, 0.2) is 0 Å². The number of rotatable bonds is 8. The Morgan fingerprint density at radius 3 is 2.46 bits per heavy atom. The van der Waals surface area contributed by atoms with Gasteiger partial charge in [0.05, 0.1) is 24.1 Å². The van der Waals surface area contributed by atoms with Crippen molar-refractivity contribution in [3.63, 3.8) is 0 Å². The van der Waals surface area contributed by atoms with E-state index in [1.54, 1.807) is 0 Å². The van der Waals surface area contributed by atoms with E-state index in [4.69, 9.17) is 9.84 Å². The first-order chi connectivity index (χ1) is 12.7. The van der Waals surface area contributed by atoms with Gasteiger partial charge < -0.3 is 15.2 Å². The molecule has 26 heavy (non-hydrogen) atoms. The standard InChI is InChI=1S/C21H20N2O3/c24-21(25)19-11-13-22-15-20(19)23-12-4-14-26-18-9-7-17(8-10-18)16-5-2-1-3-6-16/h1-3,5-11,13,15,23H,4,12,14H2,(H,24,25). The van der Waals surface area contributed by atoms with E-state index < -0.39 is 5.97 Å². The van der Waals surface area contributed by atoms with Gasteiger partial charge in [-0.2, -0.15) is 0 Å². The maximum Gasteiger partial charge on any atom is 0.337 e. The van der Waals surface area contributed by atoms with Crippen molar-refractivity contribution in [2.24, 2.45) is 0 Å². The first kappa shape index (κ1) is 17.5. The zero-order valence-corrected chi connectivity index (χ0v) is 14.3. The van der Waals surface area contributed by atoms with Gasteiger partial charge in [0.1, 0.15) is 5.75 Å². The van der Waals surface area contributed by atoms with E-state index in [0.717, 1.165) is 17.7 Å². The van der Waals surface area contributed by atoms with Crippen molar-refractivity contribution in [1.29, 1.82) is 0 Å². The van der Waals surface area contributed by atoms with Gasteiger partial charge in [-0.05, 0) is 35.7 Å². The zero-order chi connectivity index (χ0) is 18.2. The van der Waals surface area contributed by atoms with Gasteiger partial charge in [-0.3, -0.25) is 4.98 Å². The quantitative estimate of drug-likeness (QED) is 0.593. The molecule has 0 atom stereocenters. The normalized spacial score (nSPS) is 10.3. The Kier molecular flexibility index (Phi) is 5.83. The predicted octanol–water partition coefficient (Wildman–Crippen LogP) is 4.33. The van der Waals surface area contributed by atoms with Crippen LogP contribution >= 0.6 is 0 Å². The fourth-order valence-corrected chi connectivity index (χ4v) is 2.58. The number of benzene rings is 2. The topological polar surface area (TPSA) is 71.5 Å². The van der Waals surface area contributed by atoms with Crippen molar-refractivity contribution >= 4 is 11.7 Å². The Hall–Kier alpha value is -3.34. The molecule has 0 aliphatic heterocycles. The minimum Gasteiger partial charge on any atom is -0.494 e. The Balaban J connectivity index is 1.45. The summed E-state index contributed by atoms with van der Waals surface area (Å²) in [5.41, 5.74) is 3.07. The van der Waals surface area contributed by atoms with Crippen LogP contribution in [0.25, 0.3) is 11.1 Å². The number of nitrogens with one attached hydrogen (secondary N) is 1. The molecule has 0 saturated carbocycles. The Morgan fingerprint density at radius 2 is 1.73 bits per heavy atom. The number of pyridine rings is 1. The lowest BCUT2D eigenvalue weighted by Crippen LogP contribution is -2.10. The maximum absolute atomic E-state index is 11.1. The number of aromatic nitrogens is 1. The summed E-state index contributed by atoms with van der Waals surface area (Å²) < 4.78 is 5.74. The number of carbonyl (C=O) groups is 1. The Labute approximate surface area is 152 Å². The van der Waals surface area contributed by atoms with Crippen molar-refractivity contribution in [3.05, 3.63) is 78.6 Å². The second-order valence-corrected chi connectivity index (χ2v) is 5.75. The molecule has 0 aliphatic carbocycles. The lowest BCUT2D eigenvalue weighted by molar-refractivity contribution is 0.0698. The van der Waals surface area contributed by atoms with Crippen LogP contribution in [0.5, 0.6) is 5.75 Å². The molecule has 2 N–H and O–H groups in total. The molecular weight excluding hydrogens is 328 g/mol. The van der Waals surface area contributed by atoms with E-state index in [1.807, 2.05) is 42.5 Å². The highest BCUT2D eigenvalue weighted by atomic mass is 16.5. The summed E-state index contributed by atoms with van der Waals surface area (Å²) >= 11 is 0. The van der Waals surface area contributed by atoms with E-state index in [9.17, 15) is 4.79 Å². The third-order valence-corrected chi connectivity index (χ3v) is 3.92. The molecule has 132 valence electrons. The molecule has 0 fully saturated rings. The fourth-order valence-electron chi connectivity index (χ4n) is 2.58. The highest BCUT2D eigenvalue weighted by molar-refractivity contribution is 5.93. The lowest BCUT2D eigenvalue weighted by atomic mass is 10.1. The highest BCUT2D eigenvalue weighted by Crippen LogP contribution is 2.22. The first-order valence-electron chi connectivity index (χ1n) is 8.43. The number of carboxylic acid groups (broad SMARTS) is 1. The van der Waals surface area contributed by atoms with Crippen LogP contribution in [0, 0.1) is 0 Å². The van der Waals surface area contributed by atoms with Gasteiger partial charge in [0.2, 0.25) is 0 Å². The van der Waals surface area contributed by atoms with Crippen molar-refractivity contribution in [2.45, 2.75) is 6.42 Å². The van der Waals surface area contributed by atoms with Crippen molar-refractivity contribution < 1.29 is 14.6 Å². The number of ether oxygens (including phenoxy) is 1. The fraction of sp³-hybridized carbons (Fsp3) is 0.143. The maximum atomic E-state index is 11.1. The average molecular weight is 348 g/mol. The monoisotopic (exact) mass is 348 g/mol. The zero-order valence-electron chi connectivity index (χ0n) is 14.3. The smallest absolute Gasteiger partial charge is 0.337 e. The van der Waals surface area contributed by atoms with Crippen LogP contribution in [-0.4, -0.2) is 29.2 Å². The van der Waals surface area contributed by atoms with E-state index >= 15 is 0 Å². The average Bonchev–Trinajstić information content (AvgIpc) is 2.69. The minimum atomic E-state index is -0.968. The number of anilines is 1. The van der Waals surface area contributed by atoms with Crippen molar-refractivity contribution in [3.8, 4) is 16.9 Å². The summed E-state index contributed by atoms with van der Waals surface area (Å²) in [4.78, 5) is 15.1. The second-order valence-electron chi connectivity index (χ2n) is 5.75. The number of nitrogens with zero attached hydrogens (tertiary/aromatic N) is 1. The van der Waals surface area contributed by atoms with Crippen molar-refractivity contribution in [1.82, 2.24) is 4.98 Å². The molecule has 5 heteroatoms. The van der Waals surface area contributed by atoms with Crippen LogP contribution in [0.2, 0.25) is 0 Å². The minimum absolute atomic E-state index is 0.220. The summed E-state index contributed by atoms with van der Waals surface area (Å²) in [5.74, 6) is -0.151. The summed E-state index contributed by atoms with van der Waals surface area (Å²) in [7, 11) is 0. The molecule has 2 aromatic carbocycles.